The summed E-state index contributed by atoms with van der Waals surface area (Å²) in [5.74, 6) is -1.99. The van der Waals surface area contributed by atoms with Crippen molar-refractivity contribution in [2.45, 2.75) is 36.6 Å². The minimum Gasteiger partial charge on any atom is -0.335 e. The highest BCUT2D eigenvalue weighted by Crippen LogP contribution is 2.35. The molecular formula is C22H24F2N2O3S. The first-order valence-corrected chi connectivity index (χ1v) is 11.6. The van der Waals surface area contributed by atoms with Gasteiger partial charge in [0.05, 0.1) is 6.04 Å². The van der Waals surface area contributed by atoms with E-state index in [2.05, 4.69) is 0 Å². The first-order valence-electron chi connectivity index (χ1n) is 10.2. The highest BCUT2D eigenvalue weighted by molar-refractivity contribution is 7.89. The summed E-state index contributed by atoms with van der Waals surface area (Å²) in [5.41, 5.74) is 1.12. The van der Waals surface area contributed by atoms with E-state index in [1.165, 1.54) is 0 Å². The average Bonchev–Trinajstić information content (AvgIpc) is 3.25. The summed E-state index contributed by atoms with van der Waals surface area (Å²) in [6.45, 7) is 0.919. The van der Waals surface area contributed by atoms with Crippen LogP contribution in [0, 0.1) is 17.6 Å². The highest BCUT2D eigenvalue weighted by atomic mass is 32.2. The molecule has 0 radical (unpaired) electrons. The second-order valence-corrected chi connectivity index (χ2v) is 9.76. The van der Waals surface area contributed by atoms with Crippen molar-refractivity contribution >= 4 is 15.9 Å². The van der Waals surface area contributed by atoms with Crippen molar-refractivity contribution in [3.05, 3.63) is 65.7 Å². The van der Waals surface area contributed by atoms with Crippen molar-refractivity contribution < 1.29 is 22.0 Å². The maximum absolute atomic E-state index is 14.0. The third-order valence-electron chi connectivity index (χ3n) is 6.03. The fourth-order valence-corrected chi connectivity index (χ4v) is 5.99. The van der Waals surface area contributed by atoms with Crippen LogP contribution >= 0.6 is 0 Å². The van der Waals surface area contributed by atoms with E-state index >= 15 is 0 Å². The second kappa shape index (κ2) is 8.43. The molecule has 2 heterocycles. The van der Waals surface area contributed by atoms with Gasteiger partial charge in [-0.2, -0.15) is 4.31 Å². The Morgan fingerprint density at radius 2 is 1.63 bits per heavy atom. The zero-order chi connectivity index (χ0) is 21.3. The number of sulfonamides is 1. The first-order chi connectivity index (χ1) is 14.4. The Bertz CT molecular complexity index is 1020. The Hall–Kier alpha value is -2.32. The van der Waals surface area contributed by atoms with Crippen molar-refractivity contribution in [3.63, 3.8) is 0 Å². The molecule has 0 aromatic heterocycles. The van der Waals surface area contributed by atoms with Crippen molar-refractivity contribution in [2.75, 3.05) is 19.6 Å². The largest absolute Gasteiger partial charge is 0.335 e. The minimum atomic E-state index is -4.14. The second-order valence-electron chi connectivity index (χ2n) is 7.85. The number of likely N-dealkylation sites (tertiary alicyclic amines) is 1. The van der Waals surface area contributed by atoms with Gasteiger partial charge in [-0.1, -0.05) is 30.3 Å². The normalized spacial score (nSPS) is 21.1. The standard InChI is InChI=1S/C22H24F2N2O3S/c23-18-8-9-19(24)21(15-18)30(28,29)25-13-10-17(11-14-25)22(27)26-12-4-7-20(26)16-5-2-1-3-6-16/h1-3,5-6,8-9,15,17,20H,4,7,10-14H2/t20-/m0/s1. The fraction of sp³-hybridized carbons (Fsp3) is 0.409. The number of nitrogens with zero attached hydrogens (tertiary/aromatic N) is 2. The lowest BCUT2D eigenvalue weighted by molar-refractivity contribution is -0.137. The van der Waals surface area contributed by atoms with Crippen LogP contribution < -0.4 is 0 Å². The SMILES string of the molecule is O=C(C1CCN(S(=O)(=O)c2cc(F)ccc2F)CC1)N1CCC[C@H]1c1ccccc1. The Morgan fingerprint density at radius 1 is 0.933 bits per heavy atom. The Labute approximate surface area is 175 Å². The maximum atomic E-state index is 14.0. The smallest absolute Gasteiger partial charge is 0.246 e. The fourth-order valence-electron chi connectivity index (χ4n) is 4.44. The molecule has 2 fully saturated rings. The van der Waals surface area contributed by atoms with Gasteiger partial charge < -0.3 is 4.90 Å². The van der Waals surface area contributed by atoms with Gasteiger partial charge in [0, 0.05) is 25.6 Å². The molecule has 2 saturated heterocycles. The number of hydrogen-bond donors (Lipinski definition) is 0. The summed E-state index contributed by atoms with van der Waals surface area (Å²) < 4.78 is 54.1. The lowest BCUT2D eigenvalue weighted by Crippen LogP contribution is -2.44. The van der Waals surface area contributed by atoms with Crippen molar-refractivity contribution in [1.82, 2.24) is 9.21 Å². The zero-order valence-electron chi connectivity index (χ0n) is 16.5. The number of benzene rings is 2. The summed E-state index contributed by atoms with van der Waals surface area (Å²) in [5, 5.41) is 0. The molecule has 0 aliphatic carbocycles. The first kappa shape index (κ1) is 20.9. The molecule has 2 aromatic carbocycles. The number of carbonyl (C=O) groups is 1. The Morgan fingerprint density at radius 3 is 2.33 bits per heavy atom. The van der Waals surface area contributed by atoms with Gasteiger partial charge in [-0.25, -0.2) is 17.2 Å². The molecule has 30 heavy (non-hydrogen) atoms. The molecule has 0 spiro atoms. The van der Waals surface area contributed by atoms with E-state index < -0.39 is 26.6 Å². The molecule has 0 saturated carbocycles. The third kappa shape index (κ3) is 3.98. The molecule has 160 valence electrons. The number of carbonyl (C=O) groups excluding carboxylic acids is 1. The minimum absolute atomic E-state index is 0.0512. The monoisotopic (exact) mass is 434 g/mol. The van der Waals surface area contributed by atoms with Crippen LogP contribution in [0.25, 0.3) is 0 Å². The predicted octanol–water partition coefficient (Wildman–Crippen LogP) is 3.73. The van der Waals surface area contributed by atoms with Gasteiger partial charge in [-0.15, -0.1) is 0 Å². The number of halogens is 2. The molecule has 2 aliphatic rings. The van der Waals surface area contributed by atoms with E-state index in [1.54, 1.807) is 0 Å². The van der Waals surface area contributed by atoms with E-state index in [4.69, 9.17) is 0 Å². The van der Waals surface area contributed by atoms with Crippen LogP contribution in [0.2, 0.25) is 0 Å². The summed E-state index contributed by atoms with van der Waals surface area (Å²) in [6, 6.07) is 12.4. The van der Waals surface area contributed by atoms with Gasteiger partial charge >= 0.3 is 0 Å². The summed E-state index contributed by atoms with van der Waals surface area (Å²) in [4.78, 5) is 14.4. The van der Waals surface area contributed by atoms with Gasteiger partial charge in [-0.3, -0.25) is 4.79 Å². The molecule has 0 N–H and O–H groups in total. The molecule has 0 unspecified atom stereocenters. The molecule has 2 aromatic rings. The molecule has 1 amide bonds. The molecular weight excluding hydrogens is 410 g/mol. The quantitative estimate of drug-likeness (QED) is 0.737. The molecule has 0 bridgehead atoms. The van der Waals surface area contributed by atoms with Gasteiger partial charge in [0.2, 0.25) is 15.9 Å². The molecule has 5 nitrogen and oxygen atoms in total. The van der Waals surface area contributed by atoms with Crippen LogP contribution in [-0.2, 0) is 14.8 Å². The van der Waals surface area contributed by atoms with Crippen LogP contribution in [0.1, 0.15) is 37.3 Å². The van der Waals surface area contributed by atoms with Crippen LogP contribution in [-0.4, -0.2) is 43.2 Å². The van der Waals surface area contributed by atoms with Crippen LogP contribution in [0.4, 0.5) is 8.78 Å². The number of rotatable bonds is 4. The van der Waals surface area contributed by atoms with E-state index in [-0.39, 0.29) is 31.0 Å². The molecule has 4 rings (SSSR count). The molecule has 2 aliphatic heterocycles. The Balaban J connectivity index is 1.44. The maximum Gasteiger partial charge on any atom is 0.246 e. The summed E-state index contributed by atoms with van der Waals surface area (Å²) in [7, 11) is -4.14. The number of piperidine rings is 1. The van der Waals surface area contributed by atoms with Crippen molar-refractivity contribution in [1.29, 1.82) is 0 Å². The van der Waals surface area contributed by atoms with E-state index in [9.17, 15) is 22.0 Å². The van der Waals surface area contributed by atoms with Gasteiger partial charge in [0.1, 0.15) is 16.5 Å². The van der Waals surface area contributed by atoms with Crippen molar-refractivity contribution in [3.8, 4) is 0 Å². The highest BCUT2D eigenvalue weighted by Gasteiger charge is 2.38. The summed E-state index contributed by atoms with van der Waals surface area (Å²) in [6.07, 6.45) is 2.60. The Kier molecular flexibility index (Phi) is 5.88. The lowest BCUT2D eigenvalue weighted by Gasteiger charge is -2.34. The lowest BCUT2D eigenvalue weighted by atomic mass is 9.95. The van der Waals surface area contributed by atoms with Crippen molar-refractivity contribution in [2.24, 2.45) is 5.92 Å². The summed E-state index contributed by atoms with van der Waals surface area (Å²) >= 11 is 0. The van der Waals surface area contributed by atoms with Gasteiger partial charge in [0.25, 0.3) is 0 Å². The van der Waals surface area contributed by atoms with Crippen LogP contribution in [0.15, 0.2) is 53.4 Å². The van der Waals surface area contributed by atoms with E-state index in [0.717, 1.165) is 34.8 Å². The molecule has 1 atom stereocenters. The van der Waals surface area contributed by atoms with Gasteiger partial charge in [-0.05, 0) is 49.4 Å². The zero-order valence-corrected chi connectivity index (χ0v) is 17.3. The number of hydrogen-bond acceptors (Lipinski definition) is 3. The number of amides is 1. The van der Waals surface area contributed by atoms with Crippen LogP contribution in [0.3, 0.4) is 0 Å². The van der Waals surface area contributed by atoms with E-state index in [1.807, 2.05) is 35.2 Å². The molecule has 8 heteroatoms. The van der Waals surface area contributed by atoms with Crippen LogP contribution in [0.5, 0.6) is 0 Å². The topological polar surface area (TPSA) is 57.7 Å². The predicted molar refractivity (Wildman–Crippen MR) is 108 cm³/mol. The van der Waals surface area contributed by atoms with E-state index in [0.29, 0.717) is 25.5 Å². The average molecular weight is 435 g/mol. The van der Waals surface area contributed by atoms with Gasteiger partial charge in [0.15, 0.2) is 0 Å². The third-order valence-corrected chi connectivity index (χ3v) is 7.95.